The van der Waals surface area contributed by atoms with Gasteiger partial charge in [0.2, 0.25) is 0 Å². The predicted octanol–water partition coefficient (Wildman–Crippen LogP) is 4.24. The van der Waals surface area contributed by atoms with Crippen molar-refractivity contribution < 1.29 is 9.67 Å². The van der Waals surface area contributed by atoms with Crippen molar-refractivity contribution in [2.75, 3.05) is 5.75 Å². The number of benzene rings is 1. The SMILES string of the molecule is Oc1c(-c2ccccc2)sc2[n+]1CCSc1ccsc1-2. The van der Waals surface area contributed by atoms with Crippen LogP contribution in [-0.4, -0.2) is 10.9 Å². The van der Waals surface area contributed by atoms with E-state index in [4.69, 9.17) is 0 Å². The van der Waals surface area contributed by atoms with Crippen LogP contribution in [0, 0.1) is 0 Å². The number of fused-ring (bicyclic) bond motifs is 3. The van der Waals surface area contributed by atoms with Gasteiger partial charge in [0, 0.05) is 10.5 Å². The molecule has 4 rings (SSSR count). The van der Waals surface area contributed by atoms with Crippen molar-refractivity contribution in [1.82, 2.24) is 0 Å². The van der Waals surface area contributed by atoms with Crippen LogP contribution in [0.15, 0.2) is 46.7 Å². The van der Waals surface area contributed by atoms with Gasteiger partial charge in [-0.2, -0.15) is 0 Å². The lowest BCUT2D eigenvalue weighted by molar-refractivity contribution is -0.682. The van der Waals surface area contributed by atoms with Crippen molar-refractivity contribution in [2.24, 2.45) is 0 Å². The first kappa shape index (κ1) is 12.4. The highest BCUT2D eigenvalue weighted by atomic mass is 32.2. The van der Waals surface area contributed by atoms with Gasteiger partial charge in [-0.15, -0.1) is 27.7 Å². The molecule has 0 aliphatic carbocycles. The van der Waals surface area contributed by atoms with Crippen LogP contribution < -0.4 is 4.57 Å². The molecule has 1 aliphatic heterocycles. The van der Waals surface area contributed by atoms with Gasteiger partial charge in [-0.25, -0.2) is 0 Å². The zero-order valence-corrected chi connectivity index (χ0v) is 13.0. The minimum atomic E-state index is 0.401. The van der Waals surface area contributed by atoms with Crippen molar-refractivity contribution in [3.05, 3.63) is 41.8 Å². The molecule has 0 amide bonds. The molecule has 0 saturated carbocycles. The van der Waals surface area contributed by atoms with Crippen molar-refractivity contribution in [3.8, 4) is 26.2 Å². The Kier molecular flexibility index (Phi) is 3.06. The summed E-state index contributed by atoms with van der Waals surface area (Å²) in [6.45, 7) is 0.858. The van der Waals surface area contributed by atoms with Gasteiger partial charge in [0.05, 0.1) is 5.75 Å². The highest BCUT2D eigenvalue weighted by Gasteiger charge is 2.32. The summed E-state index contributed by atoms with van der Waals surface area (Å²) in [7, 11) is 0. The van der Waals surface area contributed by atoms with E-state index in [1.165, 1.54) is 14.8 Å². The van der Waals surface area contributed by atoms with Gasteiger partial charge in [-0.3, -0.25) is 0 Å². The highest BCUT2D eigenvalue weighted by molar-refractivity contribution is 7.99. The lowest BCUT2D eigenvalue weighted by Crippen LogP contribution is -2.34. The van der Waals surface area contributed by atoms with Gasteiger partial charge in [0.15, 0.2) is 11.4 Å². The number of thiazole rings is 1. The molecule has 3 aromatic rings. The quantitative estimate of drug-likeness (QED) is 0.679. The zero-order chi connectivity index (χ0) is 13.5. The lowest BCUT2D eigenvalue weighted by atomic mass is 10.2. The fraction of sp³-hybridized carbons (Fsp3) is 0.133. The normalized spacial score (nSPS) is 13.6. The Hall–Kier alpha value is -1.30. The largest absolute Gasteiger partial charge is 0.459 e. The maximum absolute atomic E-state index is 10.6. The number of thioether (sulfide) groups is 1. The molecule has 0 fully saturated rings. The average molecular weight is 318 g/mol. The Bertz CT molecular complexity index is 761. The summed E-state index contributed by atoms with van der Waals surface area (Å²) in [6, 6.07) is 12.3. The molecular weight excluding hydrogens is 306 g/mol. The third-order valence-corrected chi connectivity index (χ3v) is 6.79. The van der Waals surface area contributed by atoms with Gasteiger partial charge in [-0.05, 0) is 11.4 Å². The molecule has 0 saturated heterocycles. The van der Waals surface area contributed by atoms with E-state index in [9.17, 15) is 5.11 Å². The van der Waals surface area contributed by atoms with Gasteiger partial charge < -0.3 is 5.11 Å². The standard InChI is InChI=1S/C15H11NOS3/c17-14-12(10-4-2-1-3-5-10)20-15-13-11(6-8-19-13)18-9-7-16(14)15/h1-6,8H,7,9H2/p+1. The topological polar surface area (TPSA) is 24.1 Å². The number of aromatic hydroxyl groups is 1. The van der Waals surface area contributed by atoms with E-state index < -0.39 is 0 Å². The fourth-order valence-corrected chi connectivity index (χ4v) is 5.89. The number of hydrogen-bond acceptors (Lipinski definition) is 4. The molecule has 0 radical (unpaired) electrons. The molecule has 1 N–H and O–H groups in total. The molecule has 1 aliphatic rings. The first-order chi connectivity index (χ1) is 9.84. The number of rotatable bonds is 1. The summed E-state index contributed by atoms with van der Waals surface area (Å²) >= 11 is 5.31. The van der Waals surface area contributed by atoms with Gasteiger partial charge >= 0.3 is 5.88 Å². The van der Waals surface area contributed by atoms with Crippen molar-refractivity contribution in [2.45, 2.75) is 11.4 Å². The Morgan fingerprint density at radius 3 is 2.75 bits per heavy atom. The number of nitrogens with zero attached hydrogens (tertiary/aromatic N) is 1. The van der Waals surface area contributed by atoms with Crippen molar-refractivity contribution in [1.29, 1.82) is 0 Å². The molecule has 3 heterocycles. The molecule has 2 aromatic heterocycles. The minimum Gasteiger partial charge on any atom is -0.459 e. The molecule has 20 heavy (non-hydrogen) atoms. The molecule has 0 unspecified atom stereocenters. The van der Waals surface area contributed by atoms with Crippen LogP contribution in [0.2, 0.25) is 0 Å². The van der Waals surface area contributed by atoms with Crippen LogP contribution in [0.3, 0.4) is 0 Å². The second kappa shape index (κ2) is 4.91. The van der Waals surface area contributed by atoms with Crippen LogP contribution in [0.4, 0.5) is 0 Å². The van der Waals surface area contributed by atoms with E-state index >= 15 is 0 Å². The third kappa shape index (κ3) is 1.89. The van der Waals surface area contributed by atoms with Crippen LogP contribution in [-0.2, 0) is 6.54 Å². The summed E-state index contributed by atoms with van der Waals surface area (Å²) in [5.41, 5.74) is 1.08. The van der Waals surface area contributed by atoms with E-state index in [1.807, 2.05) is 30.0 Å². The Balaban J connectivity index is 1.94. The molecule has 100 valence electrons. The van der Waals surface area contributed by atoms with Crippen molar-refractivity contribution >= 4 is 34.4 Å². The highest BCUT2D eigenvalue weighted by Crippen LogP contribution is 2.44. The second-order valence-corrected chi connectivity index (χ2v) is 7.59. The summed E-state index contributed by atoms with van der Waals surface area (Å²) in [5, 5.41) is 13.9. The van der Waals surface area contributed by atoms with E-state index in [-0.39, 0.29) is 0 Å². The zero-order valence-electron chi connectivity index (χ0n) is 10.6. The van der Waals surface area contributed by atoms with E-state index in [2.05, 4.69) is 28.1 Å². The molecule has 2 nitrogen and oxygen atoms in total. The number of hydrogen-bond donors (Lipinski definition) is 1. The molecule has 1 aromatic carbocycles. The minimum absolute atomic E-state index is 0.401. The van der Waals surface area contributed by atoms with Crippen molar-refractivity contribution in [3.63, 3.8) is 0 Å². The predicted molar refractivity (Wildman–Crippen MR) is 85.7 cm³/mol. The van der Waals surface area contributed by atoms with Gasteiger partial charge in [0.1, 0.15) is 4.88 Å². The van der Waals surface area contributed by atoms with Crippen LogP contribution >= 0.6 is 34.4 Å². The Labute approximate surface area is 129 Å². The van der Waals surface area contributed by atoms with Crippen LogP contribution in [0.1, 0.15) is 0 Å². The van der Waals surface area contributed by atoms with Gasteiger partial charge in [0.25, 0.3) is 5.01 Å². The first-order valence-electron chi connectivity index (χ1n) is 6.36. The maximum Gasteiger partial charge on any atom is 0.385 e. The van der Waals surface area contributed by atoms with E-state index in [0.717, 1.165) is 22.7 Å². The van der Waals surface area contributed by atoms with Gasteiger partial charge in [-0.1, -0.05) is 41.7 Å². The summed E-state index contributed by atoms with van der Waals surface area (Å²) in [6.07, 6.45) is 0. The average Bonchev–Trinajstić information content (AvgIpc) is 3.02. The second-order valence-electron chi connectivity index (χ2n) is 4.54. The first-order valence-corrected chi connectivity index (χ1v) is 9.04. The molecule has 5 heteroatoms. The molecular formula is C15H12NOS3+. The molecule has 0 bridgehead atoms. The fourth-order valence-electron chi connectivity index (χ4n) is 2.38. The molecule has 0 spiro atoms. The Morgan fingerprint density at radius 2 is 1.90 bits per heavy atom. The lowest BCUT2D eigenvalue weighted by Gasteiger charge is -1.95. The smallest absolute Gasteiger partial charge is 0.385 e. The van der Waals surface area contributed by atoms with E-state index in [0.29, 0.717) is 5.88 Å². The molecule has 0 atom stereocenters. The monoisotopic (exact) mass is 318 g/mol. The third-order valence-electron chi connectivity index (χ3n) is 3.33. The summed E-state index contributed by atoms with van der Waals surface area (Å²) < 4.78 is 2.06. The summed E-state index contributed by atoms with van der Waals surface area (Å²) in [5.74, 6) is 1.40. The number of aromatic nitrogens is 1. The van der Waals surface area contributed by atoms with Crippen LogP contribution in [0.5, 0.6) is 5.88 Å². The summed E-state index contributed by atoms with van der Waals surface area (Å²) in [4.78, 5) is 3.59. The maximum atomic E-state index is 10.6. The number of thiophene rings is 1. The van der Waals surface area contributed by atoms with Crippen LogP contribution in [0.25, 0.3) is 20.3 Å². The Morgan fingerprint density at radius 1 is 1.05 bits per heavy atom. The van der Waals surface area contributed by atoms with E-state index in [1.54, 1.807) is 22.7 Å².